The van der Waals surface area contributed by atoms with E-state index in [1.807, 2.05) is 13.8 Å². The zero-order valence-electron chi connectivity index (χ0n) is 13.0. The van der Waals surface area contributed by atoms with Gasteiger partial charge in [0.2, 0.25) is 0 Å². The second-order valence-electron chi connectivity index (χ2n) is 5.16. The lowest BCUT2D eigenvalue weighted by Gasteiger charge is -2.09. The van der Waals surface area contributed by atoms with Crippen molar-refractivity contribution in [1.82, 2.24) is 5.32 Å². The molecular weight excluding hydrogens is 343 g/mol. The number of hydrogen-bond acceptors (Lipinski definition) is 4. The number of anilines is 1. The Labute approximate surface area is 145 Å². The molecule has 1 aromatic carbocycles. The number of benzene rings is 1. The summed E-state index contributed by atoms with van der Waals surface area (Å²) in [6.45, 7) is 4.80. The third-order valence-corrected chi connectivity index (χ3v) is 3.28. The molecule has 0 radical (unpaired) electrons. The Morgan fingerprint density at radius 1 is 1.13 bits per heavy atom. The third-order valence-electron chi connectivity index (χ3n) is 2.54. The van der Waals surface area contributed by atoms with E-state index in [-0.39, 0.29) is 12.5 Å². The van der Waals surface area contributed by atoms with Gasteiger partial charge in [0.1, 0.15) is 0 Å². The summed E-state index contributed by atoms with van der Waals surface area (Å²) in [6.07, 6.45) is -0.601. The van der Waals surface area contributed by atoms with Crippen LogP contribution in [-0.2, 0) is 9.47 Å². The van der Waals surface area contributed by atoms with Gasteiger partial charge in [0.05, 0.1) is 23.3 Å². The predicted molar refractivity (Wildman–Crippen MR) is 90.2 cm³/mol. The number of ether oxygens (including phenoxy) is 2. The van der Waals surface area contributed by atoms with E-state index in [9.17, 15) is 9.59 Å². The van der Waals surface area contributed by atoms with Crippen LogP contribution in [0.4, 0.5) is 15.3 Å². The Hall–Kier alpha value is -1.66. The summed E-state index contributed by atoms with van der Waals surface area (Å²) in [4.78, 5) is 22.8. The van der Waals surface area contributed by atoms with Gasteiger partial charge >= 0.3 is 12.2 Å². The van der Waals surface area contributed by atoms with E-state index >= 15 is 0 Å². The molecule has 1 rings (SSSR count). The van der Waals surface area contributed by atoms with Crippen LogP contribution in [0, 0.1) is 5.92 Å². The van der Waals surface area contributed by atoms with Crippen LogP contribution in [0.25, 0.3) is 0 Å². The molecule has 0 heterocycles. The number of rotatable bonds is 7. The number of hydrogen-bond donors (Lipinski definition) is 2. The van der Waals surface area contributed by atoms with E-state index in [1.165, 1.54) is 6.07 Å². The molecule has 23 heavy (non-hydrogen) atoms. The average molecular weight is 363 g/mol. The largest absolute Gasteiger partial charge is 0.449 e. The molecule has 0 saturated heterocycles. The number of alkyl carbamates (subject to hydrolysis) is 1. The maximum Gasteiger partial charge on any atom is 0.411 e. The van der Waals surface area contributed by atoms with Crippen LogP contribution in [0.2, 0.25) is 10.0 Å². The normalized spacial score (nSPS) is 10.3. The topological polar surface area (TPSA) is 76.7 Å². The van der Waals surface area contributed by atoms with Crippen LogP contribution >= 0.6 is 23.2 Å². The lowest BCUT2D eigenvalue weighted by atomic mass is 10.2. The van der Waals surface area contributed by atoms with Crippen LogP contribution in [0.1, 0.15) is 20.3 Å². The first-order chi connectivity index (χ1) is 10.9. The molecule has 1 aromatic rings. The van der Waals surface area contributed by atoms with Gasteiger partial charge in [0.25, 0.3) is 0 Å². The molecule has 2 amide bonds. The fourth-order valence-electron chi connectivity index (χ4n) is 1.45. The van der Waals surface area contributed by atoms with E-state index < -0.39 is 12.2 Å². The zero-order chi connectivity index (χ0) is 17.2. The lowest BCUT2D eigenvalue weighted by molar-refractivity contribution is 0.131. The summed E-state index contributed by atoms with van der Waals surface area (Å²) in [5, 5.41) is 5.84. The molecule has 0 bridgehead atoms. The Balaban J connectivity index is 2.14. The highest BCUT2D eigenvalue weighted by Crippen LogP contribution is 2.24. The van der Waals surface area contributed by atoms with Crippen LogP contribution in [0.5, 0.6) is 0 Å². The quantitative estimate of drug-likeness (QED) is 0.708. The van der Waals surface area contributed by atoms with Crippen molar-refractivity contribution in [3.05, 3.63) is 28.2 Å². The Kier molecular flexibility index (Phi) is 8.58. The second-order valence-corrected chi connectivity index (χ2v) is 5.98. The summed E-state index contributed by atoms with van der Waals surface area (Å²) in [5.74, 6) is 0.286. The zero-order valence-corrected chi connectivity index (χ0v) is 14.5. The van der Waals surface area contributed by atoms with E-state index in [2.05, 4.69) is 10.6 Å². The number of carbonyl (C=O) groups is 2. The van der Waals surface area contributed by atoms with Gasteiger partial charge < -0.3 is 14.8 Å². The van der Waals surface area contributed by atoms with Crippen LogP contribution in [-0.4, -0.2) is 31.9 Å². The molecular formula is C15H20Cl2N2O4. The molecule has 128 valence electrons. The van der Waals surface area contributed by atoms with Crippen molar-refractivity contribution in [2.45, 2.75) is 20.3 Å². The Morgan fingerprint density at radius 3 is 2.52 bits per heavy atom. The third kappa shape index (κ3) is 8.52. The summed E-state index contributed by atoms with van der Waals surface area (Å²) in [7, 11) is 0. The molecule has 0 spiro atoms. The van der Waals surface area contributed by atoms with Gasteiger partial charge in [-0.1, -0.05) is 37.0 Å². The van der Waals surface area contributed by atoms with Crippen molar-refractivity contribution in [1.29, 1.82) is 0 Å². The standard InChI is InChI=1S/C15H20Cl2N2O4/c1-10(2)9-23-14(20)18-6-3-7-22-15(21)19-11-4-5-12(16)13(17)8-11/h4-5,8,10H,3,6-7,9H2,1-2H3,(H,18,20)(H,19,21). The maximum atomic E-state index is 11.6. The van der Waals surface area contributed by atoms with Gasteiger partial charge in [-0.05, 0) is 30.5 Å². The highest BCUT2D eigenvalue weighted by atomic mass is 35.5. The monoisotopic (exact) mass is 362 g/mol. The van der Waals surface area contributed by atoms with Crippen molar-refractivity contribution in [2.75, 3.05) is 25.1 Å². The van der Waals surface area contributed by atoms with Crippen molar-refractivity contribution in [2.24, 2.45) is 5.92 Å². The molecule has 0 aliphatic carbocycles. The van der Waals surface area contributed by atoms with Crippen LogP contribution < -0.4 is 10.6 Å². The first-order valence-corrected chi connectivity index (χ1v) is 7.93. The van der Waals surface area contributed by atoms with Crippen LogP contribution in [0.15, 0.2) is 18.2 Å². The minimum atomic E-state index is -0.606. The molecule has 0 fully saturated rings. The van der Waals surface area contributed by atoms with Gasteiger partial charge in [-0.15, -0.1) is 0 Å². The molecule has 0 unspecified atom stereocenters. The molecule has 8 heteroatoms. The summed E-state index contributed by atoms with van der Waals surface area (Å²) < 4.78 is 9.92. The summed E-state index contributed by atoms with van der Waals surface area (Å²) in [6, 6.07) is 4.71. The van der Waals surface area contributed by atoms with E-state index in [4.69, 9.17) is 32.7 Å². The second kappa shape index (κ2) is 10.2. The van der Waals surface area contributed by atoms with Gasteiger partial charge in [0, 0.05) is 12.2 Å². The molecule has 0 saturated carbocycles. The highest BCUT2D eigenvalue weighted by Gasteiger charge is 2.06. The number of nitrogens with one attached hydrogen (secondary N) is 2. The summed E-state index contributed by atoms with van der Waals surface area (Å²) in [5.41, 5.74) is 0.486. The fourth-order valence-corrected chi connectivity index (χ4v) is 1.75. The molecule has 0 aliphatic rings. The fraction of sp³-hybridized carbons (Fsp3) is 0.467. The van der Waals surface area contributed by atoms with E-state index in [1.54, 1.807) is 12.1 Å². The van der Waals surface area contributed by atoms with Crippen molar-refractivity contribution >= 4 is 41.1 Å². The van der Waals surface area contributed by atoms with E-state index in [0.29, 0.717) is 35.3 Å². The minimum Gasteiger partial charge on any atom is -0.449 e. The average Bonchev–Trinajstić information content (AvgIpc) is 2.48. The molecule has 6 nitrogen and oxygen atoms in total. The van der Waals surface area contributed by atoms with Gasteiger partial charge in [-0.25, -0.2) is 9.59 Å². The first-order valence-electron chi connectivity index (χ1n) is 7.18. The first kappa shape index (κ1) is 19.4. The smallest absolute Gasteiger partial charge is 0.411 e. The SMILES string of the molecule is CC(C)COC(=O)NCCCOC(=O)Nc1ccc(Cl)c(Cl)c1. The maximum absolute atomic E-state index is 11.6. The number of carbonyl (C=O) groups excluding carboxylic acids is 2. The predicted octanol–water partition coefficient (Wildman–Crippen LogP) is 4.31. The van der Waals surface area contributed by atoms with Crippen LogP contribution in [0.3, 0.4) is 0 Å². The van der Waals surface area contributed by atoms with Crippen molar-refractivity contribution in [3.63, 3.8) is 0 Å². The highest BCUT2D eigenvalue weighted by molar-refractivity contribution is 6.42. The number of halogens is 2. The lowest BCUT2D eigenvalue weighted by Crippen LogP contribution is -2.27. The molecule has 0 aromatic heterocycles. The molecule has 0 atom stereocenters. The van der Waals surface area contributed by atoms with Gasteiger partial charge in [-0.3, -0.25) is 5.32 Å². The minimum absolute atomic E-state index is 0.164. The van der Waals surface area contributed by atoms with Gasteiger partial charge in [-0.2, -0.15) is 0 Å². The van der Waals surface area contributed by atoms with Crippen molar-refractivity contribution in [3.8, 4) is 0 Å². The molecule has 0 aliphatic heterocycles. The Morgan fingerprint density at radius 2 is 1.87 bits per heavy atom. The van der Waals surface area contributed by atoms with Gasteiger partial charge in [0.15, 0.2) is 0 Å². The Bertz CT molecular complexity index is 538. The summed E-state index contributed by atoms with van der Waals surface area (Å²) >= 11 is 11.6. The number of amides is 2. The van der Waals surface area contributed by atoms with Crippen molar-refractivity contribution < 1.29 is 19.1 Å². The molecule has 2 N–H and O–H groups in total. The van der Waals surface area contributed by atoms with E-state index in [0.717, 1.165) is 0 Å².